The van der Waals surface area contributed by atoms with E-state index < -0.39 is 0 Å². The van der Waals surface area contributed by atoms with Crippen LogP contribution in [-0.2, 0) is 6.54 Å². The lowest BCUT2D eigenvalue weighted by molar-refractivity contribution is 0.0948. The lowest BCUT2D eigenvalue weighted by atomic mass is 10.1. The van der Waals surface area contributed by atoms with E-state index in [1.807, 2.05) is 30.5 Å². The van der Waals surface area contributed by atoms with Crippen LogP contribution in [0.1, 0.15) is 54.2 Å². The van der Waals surface area contributed by atoms with Crippen LogP contribution in [0.2, 0.25) is 0 Å². The molecule has 3 rings (SSSR count). The standard InChI is InChI=1S/C21H32N6O2/c1-3-23-20(29)18-19(24-11-10-22)26-21(25-16-6-4-5-7-16)27(18)13-15-8-9-17(28)14(2)12-15/h8-9,12,16,24,28H,3-7,10-11,13,22H2,1-2H3,(H,23,29)(H,25,26). The molecule has 0 saturated heterocycles. The first-order valence-electron chi connectivity index (χ1n) is 10.4. The molecule has 1 aromatic carbocycles. The van der Waals surface area contributed by atoms with Gasteiger partial charge in [0.05, 0.1) is 6.54 Å². The van der Waals surface area contributed by atoms with Crippen LogP contribution in [0.25, 0.3) is 0 Å². The Morgan fingerprint density at radius 3 is 2.76 bits per heavy atom. The fraction of sp³-hybridized carbons (Fsp3) is 0.524. The van der Waals surface area contributed by atoms with E-state index in [1.165, 1.54) is 12.8 Å². The normalized spacial score (nSPS) is 14.2. The minimum atomic E-state index is -0.172. The zero-order chi connectivity index (χ0) is 20.8. The van der Waals surface area contributed by atoms with Gasteiger partial charge in [0, 0.05) is 25.7 Å². The van der Waals surface area contributed by atoms with Crippen molar-refractivity contribution in [3.05, 3.63) is 35.0 Å². The number of carbonyl (C=O) groups is 1. The number of carbonyl (C=O) groups excluding carboxylic acids is 1. The molecule has 158 valence electrons. The molecule has 2 aromatic rings. The Morgan fingerprint density at radius 2 is 2.10 bits per heavy atom. The molecule has 0 aliphatic heterocycles. The number of hydrogen-bond donors (Lipinski definition) is 5. The number of hydrogen-bond acceptors (Lipinski definition) is 6. The van der Waals surface area contributed by atoms with E-state index >= 15 is 0 Å². The molecule has 6 N–H and O–H groups in total. The van der Waals surface area contributed by atoms with Gasteiger partial charge in [0.2, 0.25) is 5.95 Å². The average molecular weight is 401 g/mol. The molecule has 0 unspecified atom stereocenters. The zero-order valence-electron chi connectivity index (χ0n) is 17.3. The minimum Gasteiger partial charge on any atom is -0.508 e. The molecule has 0 spiro atoms. The van der Waals surface area contributed by atoms with Gasteiger partial charge in [-0.05, 0) is 43.9 Å². The Hall–Kier alpha value is -2.74. The van der Waals surface area contributed by atoms with Crippen LogP contribution >= 0.6 is 0 Å². The van der Waals surface area contributed by atoms with Crippen LogP contribution in [0.15, 0.2) is 18.2 Å². The number of aromatic nitrogens is 2. The SMILES string of the molecule is CCNC(=O)c1c(NCCN)nc(NC2CCCC2)n1Cc1ccc(O)c(C)c1. The van der Waals surface area contributed by atoms with Crippen LogP contribution in [0.3, 0.4) is 0 Å². The molecule has 1 aliphatic rings. The highest BCUT2D eigenvalue weighted by Gasteiger charge is 2.25. The quantitative estimate of drug-likeness (QED) is 0.441. The number of benzene rings is 1. The van der Waals surface area contributed by atoms with Gasteiger partial charge in [0.15, 0.2) is 11.5 Å². The monoisotopic (exact) mass is 400 g/mol. The van der Waals surface area contributed by atoms with Crippen molar-refractivity contribution in [3.63, 3.8) is 0 Å². The smallest absolute Gasteiger partial charge is 0.271 e. The topological polar surface area (TPSA) is 117 Å². The van der Waals surface area contributed by atoms with E-state index in [-0.39, 0.29) is 11.7 Å². The van der Waals surface area contributed by atoms with Crippen molar-refractivity contribution in [3.8, 4) is 5.75 Å². The minimum absolute atomic E-state index is 0.172. The summed E-state index contributed by atoms with van der Waals surface area (Å²) in [7, 11) is 0. The number of nitrogens with two attached hydrogens (primary N) is 1. The van der Waals surface area contributed by atoms with Crippen molar-refractivity contribution in [2.45, 2.75) is 52.1 Å². The third-order valence-corrected chi connectivity index (χ3v) is 5.25. The van der Waals surface area contributed by atoms with E-state index in [1.54, 1.807) is 6.07 Å². The van der Waals surface area contributed by atoms with Gasteiger partial charge < -0.3 is 26.8 Å². The zero-order valence-corrected chi connectivity index (χ0v) is 17.3. The fourth-order valence-corrected chi connectivity index (χ4v) is 3.76. The van der Waals surface area contributed by atoms with E-state index in [0.29, 0.717) is 49.7 Å². The van der Waals surface area contributed by atoms with Gasteiger partial charge in [-0.1, -0.05) is 25.0 Å². The molecular formula is C21H32N6O2. The van der Waals surface area contributed by atoms with Gasteiger partial charge in [-0.25, -0.2) is 0 Å². The Morgan fingerprint density at radius 1 is 1.34 bits per heavy atom. The summed E-state index contributed by atoms with van der Waals surface area (Å²) in [5.74, 6) is 1.31. The molecule has 0 radical (unpaired) electrons. The van der Waals surface area contributed by atoms with Gasteiger partial charge in [-0.15, -0.1) is 0 Å². The molecule has 8 nitrogen and oxygen atoms in total. The molecule has 1 fully saturated rings. The second kappa shape index (κ2) is 9.65. The highest BCUT2D eigenvalue weighted by molar-refractivity contribution is 5.98. The highest BCUT2D eigenvalue weighted by Crippen LogP contribution is 2.28. The molecule has 1 aliphatic carbocycles. The molecule has 1 saturated carbocycles. The highest BCUT2D eigenvalue weighted by atomic mass is 16.3. The summed E-state index contributed by atoms with van der Waals surface area (Å²) in [6.45, 7) is 5.74. The van der Waals surface area contributed by atoms with Crippen LogP contribution in [0, 0.1) is 6.92 Å². The van der Waals surface area contributed by atoms with Crippen molar-refractivity contribution in [1.29, 1.82) is 0 Å². The van der Waals surface area contributed by atoms with Gasteiger partial charge in [-0.3, -0.25) is 9.36 Å². The predicted molar refractivity (Wildman–Crippen MR) is 116 cm³/mol. The molecule has 1 aromatic heterocycles. The van der Waals surface area contributed by atoms with Crippen LogP contribution < -0.4 is 21.7 Å². The van der Waals surface area contributed by atoms with Crippen molar-refractivity contribution in [1.82, 2.24) is 14.9 Å². The summed E-state index contributed by atoms with van der Waals surface area (Å²) in [5, 5.41) is 19.5. The number of rotatable bonds is 9. The van der Waals surface area contributed by atoms with Gasteiger partial charge >= 0.3 is 0 Å². The number of aromatic hydroxyl groups is 1. The van der Waals surface area contributed by atoms with Crippen LogP contribution in [0.4, 0.5) is 11.8 Å². The first kappa shape index (κ1) is 21.0. The summed E-state index contributed by atoms with van der Waals surface area (Å²) in [6, 6.07) is 5.85. The summed E-state index contributed by atoms with van der Waals surface area (Å²) in [5.41, 5.74) is 7.94. The molecule has 0 bridgehead atoms. The molecule has 8 heteroatoms. The van der Waals surface area contributed by atoms with Crippen molar-refractivity contribution in [2.24, 2.45) is 5.73 Å². The number of aryl methyl sites for hydroxylation is 1. The van der Waals surface area contributed by atoms with E-state index in [9.17, 15) is 9.90 Å². The lowest BCUT2D eigenvalue weighted by Crippen LogP contribution is -2.28. The largest absolute Gasteiger partial charge is 0.508 e. The third kappa shape index (κ3) is 5.00. The maximum atomic E-state index is 12.9. The number of phenolic OH excluding ortho intramolecular Hbond substituents is 1. The van der Waals surface area contributed by atoms with E-state index in [2.05, 4.69) is 16.0 Å². The van der Waals surface area contributed by atoms with Gasteiger partial charge in [0.1, 0.15) is 5.75 Å². The first-order valence-corrected chi connectivity index (χ1v) is 10.4. The van der Waals surface area contributed by atoms with Gasteiger partial charge in [0.25, 0.3) is 5.91 Å². The average Bonchev–Trinajstić information content (AvgIpc) is 3.32. The Balaban J connectivity index is 2.02. The second-order valence-corrected chi connectivity index (χ2v) is 7.54. The molecule has 1 heterocycles. The maximum Gasteiger partial charge on any atom is 0.271 e. The number of nitrogens with one attached hydrogen (secondary N) is 3. The van der Waals surface area contributed by atoms with Gasteiger partial charge in [-0.2, -0.15) is 4.98 Å². The number of anilines is 2. The first-order chi connectivity index (χ1) is 14.0. The fourth-order valence-electron chi connectivity index (χ4n) is 3.76. The predicted octanol–water partition coefficient (Wildman–Crippen LogP) is 2.42. The molecule has 1 amide bonds. The number of amides is 1. The Labute approximate surface area is 171 Å². The molecule has 29 heavy (non-hydrogen) atoms. The summed E-state index contributed by atoms with van der Waals surface area (Å²) >= 11 is 0. The summed E-state index contributed by atoms with van der Waals surface area (Å²) < 4.78 is 1.92. The number of imidazole rings is 1. The number of phenols is 1. The maximum absolute atomic E-state index is 12.9. The molecular weight excluding hydrogens is 368 g/mol. The van der Waals surface area contributed by atoms with Crippen molar-refractivity contribution in [2.75, 3.05) is 30.3 Å². The Kier molecular flexibility index (Phi) is 6.98. The number of nitrogens with zero attached hydrogens (tertiary/aromatic N) is 2. The summed E-state index contributed by atoms with van der Waals surface area (Å²) in [6.07, 6.45) is 4.62. The molecule has 0 atom stereocenters. The lowest BCUT2D eigenvalue weighted by Gasteiger charge is -2.17. The van der Waals surface area contributed by atoms with Crippen LogP contribution in [-0.4, -0.2) is 46.2 Å². The third-order valence-electron chi connectivity index (χ3n) is 5.25. The van der Waals surface area contributed by atoms with Crippen LogP contribution in [0.5, 0.6) is 5.75 Å². The second-order valence-electron chi connectivity index (χ2n) is 7.54. The van der Waals surface area contributed by atoms with E-state index in [4.69, 9.17) is 10.7 Å². The Bertz CT molecular complexity index is 842. The van der Waals surface area contributed by atoms with E-state index in [0.717, 1.165) is 24.0 Å². The van der Waals surface area contributed by atoms with Crippen molar-refractivity contribution < 1.29 is 9.90 Å². The van der Waals surface area contributed by atoms with Crippen molar-refractivity contribution >= 4 is 17.7 Å². The summed E-state index contributed by atoms with van der Waals surface area (Å²) in [4.78, 5) is 17.6.